The summed E-state index contributed by atoms with van der Waals surface area (Å²) in [5, 5.41) is 6.64. The average Bonchev–Trinajstić information content (AvgIpc) is 2.63. The Morgan fingerprint density at radius 3 is 2.80 bits per heavy atom. The SMILES string of the molecule is C[C@@H](O/N=C\c1ccccc1Br)C(=O)Nc1ccc2c(c1)OCCO2. The molecule has 130 valence electrons. The number of carbonyl (C=O) groups is 1. The molecule has 2 aromatic carbocycles. The molecule has 1 heterocycles. The number of benzene rings is 2. The minimum absolute atomic E-state index is 0.305. The second kappa shape index (κ2) is 8.02. The van der Waals surface area contributed by atoms with Crippen LogP contribution in [0.5, 0.6) is 11.5 Å². The molecular formula is C18H17BrN2O4. The minimum Gasteiger partial charge on any atom is -0.486 e. The van der Waals surface area contributed by atoms with E-state index < -0.39 is 6.10 Å². The van der Waals surface area contributed by atoms with E-state index in [1.807, 2.05) is 24.3 Å². The van der Waals surface area contributed by atoms with E-state index in [1.165, 1.54) is 0 Å². The maximum atomic E-state index is 12.2. The summed E-state index contributed by atoms with van der Waals surface area (Å²) in [5.74, 6) is 0.983. The van der Waals surface area contributed by atoms with Crippen molar-refractivity contribution in [1.29, 1.82) is 0 Å². The fourth-order valence-electron chi connectivity index (χ4n) is 2.17. The summed E-state index contributed by atoms with van der Waals surface area (Å²) in [6.07, 6.45) is 0.810. The lowest BCUT2D eigenvalue weighted by molar-refractivity contribution is -0.126. The molecule has 0 spiro atoms. The molecule has 0 bridgehead atoms. The molecule has 1 atom stereocenters. The molecule has 1 N–H and O–H groups in total. The van der Waals surface area contributed by atoms with Gasteiger partial charge in [0.25, 0.3) is 5.91 Å². The highest BCUT2D eigenvalue weighted by atomic mass is 79.9. The molecule has 6 nitrogen and oxygen atoms in total. The number of rotatable bonds is 5. The molecule has 0 aliphatic carbocycles. The van der Waals surface area contributed by atoms with E-state index in [4.69, 9.17) is 14.3 Å². The van der Waals surface area contributed by atoms with Crippen molar-refractivity contribution >= 4 is 33.7 Å². The van der Waals surface area contributed by atoms with E-state index >= 15 is 0 Å². The first kappa shape index (κ1) is 17.3. The van der Waals surface area contributed by atoms with Crippen LogP contribution >= 0.6 is 15.9 Å². The highest BCUT2D eigenvalue weighted by Crippen LogP contribution is 2.32. The van der Waals surface area contributed by atoms with Gasteiger partial charge in [0.1, 0.15) is 13.2 Å². The summed E-state index contributed by atoms with van der Waals surface area (Å²) < 4.78 is 11.8. The van der Waals surface area contributed by atoms with Crippen molar-refractivity contribution < 1.29 is 19.1 Å². The number of hydrogen-bond donors (Lipinski definition) is 1. The van der Waals surface area contributed by atoms with Crippen molar-refractivity contribution in [2.75, 3.05) is 18.5 Å². The molecule has 0 unspecified atom stereocenters. The van der Waals surface area contributed by atoms with Crippen LogP contribution in [0.4, 0.5) is 5.69 Å². The zero-order valence-electron chi connectivity index (χ0n) is 13.6. The number of ether oxygens (including phenoxy) is 2. The normalized spacial score (nSPS) is 14.2. The average molecular weight is 405 g/mol. The van der Waals surface area contributed by atoms with E-state index in [1.54, 1.807) is 31.3 Å². The molecule has 1 aliphatic rings. The van der Waals surface area contributed by atoms with E-state index in [0.717, 1.165) is 10.0 Å². The van der Waals surface area contributed by atoms with E-state index in [-0.39, 0.29) is 5.91 Å². The Hall–Kier alpha value is -2.54. The molecule has 0 radical (unpaired) electrons. The molecule has 0 aromatic heterocycles. The largest absolute Gasteiger partial charge is 0.486 e. The molecule has 0 saturated heterocycles. The van der Waals surface area contributed by atoms with Crippen LogP contribution in [0.25, 0.3) is 0 Å². The van der Waals surface area contributed by atoms with Crippen molar-refractivity contribution in [2.24, 2.45) is 5.16 Å². The smallest absolute Gasteiger partial charge is 0.267 e. The van der Waals surface area contributed by atoms with Crippen molar-refractivity contribution in [3.63, 3.8) is 0 Å². The number of halogens is 1. The summed E-state index contributed by atoms with van der Waals surface area (Å²) in [5.41, 5.74) is 1.47. The topological polar surface area (TPSA) is 69.2 Å². The van der Waals surface area contributed by atoms with Crippen molar-refractivity contribution in [2.45, 2.75) is 13.0 Å². The van der Waals surface area contributed by atoms with Gasteiger partial charge >= 0.3 is 0 Å². The summed E-state index contributed by atoms with van der Waals surface area (Å²) in [4.78, 5) is 17.4. The third-order valence-corrected chi connectivity index (χ3v) is 4.22. The highest BCUT2D eigenvalue weighted by Gasteiger charge is 2.17. The molecule has 0 fully saturated rings. The number of nitrogens with zero attached hydrogens (tertiary/aromatic N) is 1. The van der Waals surface area contributed by atoms with Gasteiger partial charge in [-0.1, -0.05) is 39.3 Å². The van der Waals surface area contributed by atoms with Crippen LogP contribution in [0.2, 0.25) is 0 Å². The van der Waals surface area contributed by atoms with Crippen molar-refractivity contribution in [3.05, 3.63) is 52.5 Å². The molecule has 1 aliphatic heterocycles. The Kier molecular flexibility index (Phi) is 5.55. The van der Waals surface area contributed by atoms with Gasteiger partial charge in [0.15, 0.2) is 11.5 Å². The molecule has 2 aromatic rings. The minimum atomic E-state index is -0.744. The second-order valence-electron chi connectivity index (χ2n) is 5.35. The summed E-state index contributed by atoms with van der Waals surface area (Å²) >= 11 is 3.42. The standard InChI is InChI=1S/C18H17BrN2O4/c1-12(25-20-11-13-4-2-3-5-15(13)19)18(22)21-14-6-7-16-17(10-14)24-9-8-23-16/h2-7,10-12H,8-9H2,1H3,(H,21,22)/b20-11-/t12-/m1/s1. The van der Waals surface area contributed by atoms with Crippen LogP contribution < -0.4 is 14.8 Å². The van der Waals surface area contributed by atoms with Gasteiger partial charge in [-0.2, -0.15) is 0 Å². The molecule has 7 heteroatoms. The first-order chi connectivity index (χ1) is 12.1. The number of carbonyl (C=O) groups excluding carboxylic acids is 1. The third kappa shape index (κ3) is 4.51. The zero-order valence-corrected chi connectivity index (χ0v) is 15.2. The van der Waals surface area contributed by atoms with Crippen LogP contribution in [-0.4, -0.2) is 31.4 Å². The number of hydrogen-bond acceptors (Lipinski definition) is 5. The van der Waals surface area contributed by atoms with Gasteiger partial charge in [0.05, 0.1) is 6.21 Å². The Balaban J connectivity index is 1.56. The molecule has 0 saturated carbocycles. The first-order valence-corrected chi connectivity index (χ1v) is 8.57. The lowest BCUT2D eigenvalue weighted by Crippen LogP contribution is -2.26. The predicted octanol–water partition coefficient (Wildman–Crippen LogP) is 3.60. The summed E-state index contributed by atoms with van der Waals surface area (Å²) in [6, 6.07) is 12.8. The number of nitrogens with one attached hydrogen (secondary N) is 1. The van der Waals surface area contributed by atoms with E-state index in [2.05, 4.69) is 26.4 Å². The highest BCUT2D eigenvalue weighted by molar-refractivity contribution is 9.10. The van der Waals surface area contributed by atoms with E-state index in [0.29, 0.717) is 30.4 Å². The summed E-state index contributed by atoms with van der Waals surface area (Å²) in [7, 11) is 0. The molecule has 25 heavy (non-hydrogen) atoms. The first-order valence-electron chi connectivity index (χ1n) is 7.78. The number of anilines is 1. The number of oxime groups is 1. The van der Waals surface area contributed by atoms with Crippen LogP contribution in [-0.2, 0) is 9.63 Å². The zero-order chi connectivity index (χ0) is 17.6. The third-order valence-electron chi connectivity index (χ3n) is 3.49. The van der Waals surface area contributed by atoms with Gasteiger partial charge in [-0.25, -0.2) is 0 Å². The van der Waals surface area contributed by atoms with Gasteiger partial charge in [0.2, 0.25) is 6.10 Å². The maximum absolute atomic E-state index is 12.2. The van der Waals surface area contributed by atoms with Gasteiger partial charge in [-0.15, -0.1) is 0 Å². The number of amides is 1. The fourth-order valence-corrected chi connectivity index (χ4v) is 2.56. The molecule has 1 amide bonds. The quantitative estimate of drug-likeness (QED) is 0.610. The van der Waals surface area contributed by atoms with Gasteiger partial charge < -0.3 is 19.6 Å². The van der Waals surface area contributed by atoms with Crippen LogP contribution in [0.15, 0.2) is 52.1 Å². The van der Waals surface area contributed by atoms with Gasteiger partial charge in [-0.05, 0) is 25.1 Å². The van der Waals surface area contributed by atoms with Gasteiger partial charge in [0, 0.05) is 21.8 Å². The Morgan fingerprint density at radius 1 is 1.24 bits per heavy atom. The van der Waals surface area contributed by atoms with Crippen molar-refractivity contribution in [1.82, 2.24) is 0 Å². The second-order valence-corrected chi connectivity index (χ2v) is 6.21. The number of fused-ring (bicyclic) bond motifs is 1. The predicted molar refractivity (Wildman–Crippen MR) is 98.3 cm³/mol. The molecular weight excluding hydrogens is 388 g/mol. The summed E-state index contributed by atoms with van der Waals surface area (Å²) in [6.45, 7) is 2.65. The Labute approximate surface area is 153 Å². The fraction of sp³-hybridized carbons (Fsp3) is 0.222. The lowest BCUT2D eigenvalue weighted by atomic mass is 10.2. The maximum Gasteiger partial charge on any atom is 0.267 e. The Bertz CT molecular complexity index is 794. The Morgan fingerprint density at radius 2 is 2.00 bits per heavy atom. The molecule has 3 rings (SSSR count). The van der Waals surface area contributed by atoms with E-state index in [9.17, 15) is 4.79 Å². The van der Waals surface area contributed by atoms with Crippen LogP contribution in [0.3, 0.4) is 0 Å². The monoisotopic (exact) mass is 404 g/mol. The van der Waals surface area contributed by atoms with Crippen molar-refractivity contribution in [3.8, 4) is 11.5 Å². The van der Waals surface area contributed by atoms with Crippen LogP contribution in [0, 0.1) is 0 Å². The lowest BCUT2D eigenvalue weighted by Gasteiger charge is -2.19. The van der Waals surface area contributed by atoms with Gasteiger partial charge in [-0.3, -0.25) is 4.79 Å². The van der Waals surface area contributed by atoms with Crippen LogP contribution in [0.1, 0.15) is 12.5 Å².